The molecule has 31 heavy (non-hydrogen) atoms. The fourth-order valence-corrected chi connectivity index (χ4v) is 5.58. The minimum Gasteiger partial charge on any atom is -0.444 e. The number of fused-ring (bicyclic) bond motifs is 1. The van der Waals surface area contributed by atoms with Crippen molar-refractivity contribution in [3.05, 3.63) is 35.6 Å². The van der Waals surface area contributed by atoms with E-state index in [0.717, 1.165) is 6.42 Å². The van der Waals surface area contributed by atoms with Crippen LogP contribution >= 0.6 is 11.6 Å². The van der Waals surface area contributed by atoms with Crippen LogP contribution < -0.4 is 10.6 Å². The average Bonchev–Trinajstić information content (AvgIpc) is 3.16. The summed E-state index contributed by atoms with van der Waals surface area (Å²) in [6.45, 7) is 7.43. The summed E-state index contributed by atoms with van der Waals surface area (Å²) in [5.74, 6) is 0. The van der Waals surface area contributed by atoms with Gasteiger partial charge in [-0.05, 0) is 46.2 Å². The van der Waals surface area contributed by atoms with Crippen molar-refractivity contribution in [3.8, 4) is 0 Å². The highest BCUT2D eigenvalue weighted by molar-refractivity contribution is 7.89. The molecular formula is C21H29ClN4O4S. The highest BCUT2D eigenvalue weighted by Crippen LogP contribution is 2.32. The molecule has 0 spiro atoms. The number of hydrogen-bond acceptors (Lipinski definition) is 6. The van der Waals surface area contributed by atoms with Gasteiger partial charge in [0.2, 0.25) is 10.0 Å². The summed E-state index contributed by atoms with van der Waals surface area (Å²) in [4.78, 5) is 15.9. The lowest BCUT2D eigenvalue weighted by atomic mass is 10.2. The fraction of sp³-hybridized carbons (Fsp3) is 0.524. The zero-order valence-electron chi connectivity index (χ0n) is 18.0. The van der Waals surface area contributed by atoms with Crippen LogP contribution in [0.15, 0.2) is 35.5 Å². The third-order valence-electron chi connectivity index (χ3n) is 4.92. The summed E-state index contributed by atoms with van der Waals surface area (Å²) in [6, 6.07) is 5.15. The molecule has 10 heteroatoms. The van der Waals surface area contributed by atoms with Crippen LogP contribution in [-0.2, 0) is 14.8 Å². The number of pyridine rings is 1. The number of rotatable bonds is 7. The number of carbonyl (C=O) groups excluding carboxylic acids is 1. The van der Waals surface area contributed by atoms with E-state index < -0.39 is 21.7 Å². The molecule has 1 aromatic carbocycles. The third-order valence-corrected chi connectivity index (χ3v) is 7.12. The van der Waals surface area contributed by atoms with Crippen LogP contribution in [0.4, 0.5) is 4.79 Å². The van der Waals surface area contributed by atoms with Gasteiger partial charge in [0.05, 0.1) is 9.92 Å². The Kier molecular flexibility index (Phi) is 7.41. The van der Waals surface area contributed by atoms with E-state index >= 15 is 0 Å². The third kappa shape index (κ3) is 6.06. The molecule has 1 aliphatic rings. The van der Waals surface area contributed by atoms with Gasteiger partial charge in [0.1, 0.15) is 5.60 Å². The molecule has 0 aliphatic carbocycles. The number of aromatic nitrogens is 1. The Balaban J connectivity index is 1.53. The van der Waals surface area contributed by atoms with Crippen molar-refractivity contribution in [1.82, 2.24) is 19.9 Å². The van der Waals surface area contributed by atoms with Crippen molar-refractivity contribution < 1.29 is 17.9 Å². The lowest BCUT2D eigenvalue weighted by Gasteiger charge is -2.20. The molecule has 2 heterocycles. The molecule has 0 unspecified atom stereocenters. The molecule has 1 atom stereocenters. The molecule has 0 saturated carbocycles. The predicted octanol–water partition coefficient (Wildman–Crippen LogP) is 3.16. The number of amides is 1. The number of nitrogens with one attached hydrogen (secondary N) is 2. The van der Waals surface area contributed by atoms with Crippen molar-refractivity contribution >= 4 is 38.5 Å². The van der Waals surface area contributed by atoms with E-state index in [1.165, 1.54) is 10.5 Å². The SMILES string of the molecule is CC(C)(C)OC(=O)NCCCN[C@@H]1CCN(S(=O)(=O)c2cccc3cncc(Cl)c23)C1. The number of halogens is 1. The molecule has 1 fully saturated rings. The van der Waals surface area contributed by atoms with Gasteiger partial charge in [-0.25, -0.2) is 13.2 Å². The van der Waals surface area contributed by atoms with Crippen molar-refractivity contribution in [2.45, 2.75) is 50.2 Å². The molecule has 8 nitrogen and oxygen atoms in total. The molecular weight excluding hydrogens is 440 g/mol. The second-order valence-electron chi connectivity index (χ2n) is 8.56. The van der Waals surface area contributed by atoms with Crippen molar-refractivity contribution in [2.75, 3.05) is 26.2 Å². The second-order valence-corrected chi connectivity index (χ2v) is 10.9. The Morgan fingerprint density at radius 1 is 1.29 bits per heavy atom. The summed E-state index contributed by atoms with van der Waals surface area (Å²) in [7, 11) is -3.68. The smallest absolute Gasteiger partial charge is 0.407 e. The van der Waals surface area contributed by atoms with Crippen LogP contribution in [0.3, 0.4) is 0 Å². The van der Waals surface area contributed by atoms with Crippen molar-refractivity contribution in [3.63, 3.8) is 0 Å². The number of carbonyl (C=O) groups is 1. The Morgan fingerprint density at radius 2 is 2.06 bits per heavy atom. The number of ether oxygens (including phenoxy) is 1. The first-order valence-electron chi connectivity index (χ1n) is 10.3. The molecule has 1 saturated heterocycles. The maximum Gasteiger partial charge on any atom is 0.407 e. The Hall–Kier alpha value is -1.94. The summed E-state index contributed by atoms with van der Waals surface area (Å²) >= 11 is 6.26. The highest BCUT2D eigenvalue weighted by Gasteiger charge is 2.33. The van der Waals surface area contributed by atoms with Gasteiger partial charge in [-0.15, -0.1) is 0 Å². The minimum absolute atomic E-state index is 0.0587. The van der Waals surface area contributed by atoms with Crippen molar-refractivity contribution in [1.29, 1.82) is 0 Å². The molecule has 1 aliphatic heterocycles. The molecule has 1 aromatic heterocycles. The van der Waals surface area contributed by atoms with Gasteiger partial charge >= 0.3 is 6.09 Å². The summed E-state index contributed by atoms with van der Waals surface area (Å²) in [5.41, 5.74) is -0.522. The number of alkyl carbamates (subject to hydrolysis) is 1. The van der Waals surface area contributed by atoms with E-state index in [0.29, 0.717) is 48.4 Å². The molecule has 0 bridgehead atoms. The fourth-order valence-electron chi connectivity index (χ4n) is 3.53. The van der Waals surface area contributed by atoms with E-state index in [4.69, 9.17) is 16.3 Å². The van der Waals surface area contributed by atoms with Crippen LogP contribution in [-0.4, -0.2) is 61.6 Å². The minimum atomic E-state index is -3.68. The van der Waals surface area contributed by atoms with Crippen LogP contribution in [0.1, 0.15) is 33.6 Å². The number of sulfonamides is 1. The quantitative estimate of drug-likeness (QED) is 0.605. The average molecular weight is 469 g/mol. The lowest BCUT2D eigenvalue weighted by molar-refractivity contribution is 0.0527. The van der Waals surface area contributed by atoms with Crippen molar-refractivity contribution in [2.24, 2.45) is 0 Å². The monoisotopic (exact) mass is 468 g/mol. The molecule has 0 radical (unpaired) electrons. The van der Waals surface area contributed by atoms with E-state index in [9.17, 15) is 13.2 Å². The Morgan fingerprint density at radius 3 is 2.81 bits per heavy atom. The van der Waals surface area contributed by atoms with Gasteiger partial charge in [-0.3, -0.25) is 4.98 Å². The zero-order chi connectivity index (χ0) is 22.6. The Labute approximate surface area is 188 Å². The molecule has 3 rings (SSSR count). The largest absolute Gasteiger partial charge is 0.444 e. The maximum atomic E-state index is 13.3. The van der Waals surface area contributed by atoms with E-state index in [1.54, 1.807) is 24.4 Å². The maximum absolute atomic E-state index is 13.3. The highest BCUT2D eigenvalue weighted by atomic mass is 35.5. The topological polar surface area (TPSA) is 101 Å². The van der Waals surface area contributed by atoms with Crippen LogP contribution in [0.5, 0.6) is 0 Å². The van der Waals surface area contributed by atoms with Gasteiger partial charge in [-0.1, -0.05) is 23.7 Å². The molecule has 1 amide bonds. The van der Waals surface area contributed by atoms with Gasteiger partial charge in [0.15, 0.2) is 0 Å². The summed E-state index contributed by atoms with van der Waals surface area (Å²) < 4.78 is 33.2. The molecule has 2 N–H and O–H groups in total. The number of benzene rings is 1. The second kappa shape index (κ2) is 9.68. The molecule has 2 aromatic rings. The standard InChI is InChI=1S/C21H29ClN4O4S/c1-21(2,3)30-20(27)25-10-5-9-24-16-8-11-26(14-16)31(28,29)18-7-4-6-15-12-23-13-17(22)19(15)18/h4,6-7,12-13,16,24H,5,8-11,14H2,1-3H3,(H,25,27)/t16-/m1/s1. The van der Waals surface area contributed by atoms with Crippen LogP contribution in [0.25, 0.3) is 10.8 Å². The van der Waals surface area contributed by atoms with E-state index in [1.807, 2.05) is 20.8 Å². The first-order valence-corrected chi connectivity index (χ1v) is 12.1. The van der Waals surface area contributed by atoms with Gasteiger partial charge in [0.25, 0.3) is 0 Å². The van der Waals surface area contributed by atoms with Crippen LogP contribution in [0, 0.1) is 0 Å². The summed E-state index contributed by atoms with van der Waals surface area (Å²) in [5, 5.41) is 7.61. The van der Waals surface area contributed by atoms with E-state index in [2.05, 4.69) is 15.6 Å². The molecule has 170 valence electrons. The van der Waals surface area contributed by atoms with Gasteiger partial charge in [0, 0.05) is 48.8 Å². The predicted molar refractivity (Wildman–Crippen MR) is 121 cm³/mol. The normalized spacial score (nSPS) is 17.7. The number of hydrogen-bond donors (Lipinski definition) is 2. The first kappa shape index (κ1) is 23.7. The lowest BCUT2D eigenvalue weighted by Crippen LogP contribution is -2.37. The first-order chi connectivity index (χ1) is 14.6. The van der Waals surface area contributed by atoms with E-state index in [-0.39, 0.29) is 10.9 Å². The van der Waals surface area contributed by atoms with Crippen LogP contribution in [0.2, 0.25) is 5.02 Å². The summed E-state index contributed by atoms with van der Waals surface area (Å²) in [6.07, 6.45) is 4.07. The van der Waals surface area contributed by atoms with Gasteiger partial charge in [-0.2, -0.15) is 4.31 Å². The Bertz CT molecular complexity index is 1030. The number of nitrogens with zero attached hydrogens (tertiary/aromatic N) is 2. The van der Waals surface area contributed by atoms with Gasteiger partial charge < -0.3 is 15.4 Å². The zero-order valence-corrected chi connectivity index (χ0v) is 19.6.